The molecule has 24 heavy (non-hydrogen) atoms. The van der Waals surface area contributed by atoms with Gasteiger partial charge in [-0.3, -0.25) is 10.1 Å². The maximum Gasteiger partial charge on any atom is 0.321 e. The molecule has 0 aliphatic carbocycles. The quantitative estimate of drug-likeness (QED) is 0.869. The molecule has 2 rings (SSSR count). The zero-order valence-electron chi connectivity index (χ0n) is 14.3. The molecule has 0 spiro atoms. The van der Waals surface area contributed by atoms with Crippen molar-refractivity contribution in [3.63, 3.8) is 0 Å². The molecule has 2 N–H and O–H groups in total. The highest BCUT2D eigenvalue weighted by atomic mass is 16.2. The van der Waals surface area contributed by atoms with Crippen LogP contribution in [0.25, 0.3) is 11.4 Å². The fourth-order valence-corrected chi connectivity index (χ4v) is 2.04. The molecule has 0 aliphatic rings. The highest BCUT2D eigenvalue weighted by Crippen LogP contribution is 2.19. The minimum atomic E-state index is -0.542. The van der Waals surface area contributed by atoms with Crippen molar-refractivity contribution in [1.29, 1.82) is 0 Å². The van der Waals surface area contributed by atoms with Gasteiger partial charge < -0.3 is 5.32 Å². The van der Waals surface area contributed by atoms with Gasteiger partial charge in [0, 0.05) is 11.6 Å². The summed E-state index contributed by atoms with van der Waals surface area (Å²) in [6, 6.07) is 7.29. The second kappa shape index (κ2) is 7.67. The van der Waals surface area contributed by atoms with Crippen LogP contribution in [0.3, 0.4) is 0 Å². The number of tetrazole rings is 1. The number of amides is 3. The normalized spacial score (nSPS) is 10.9. The molecule has 2 aromatic rings. The molecule has 1 aromatic carbocycles. The Morgan fingerprint density at radius 1 is 1.12 bits per heavy atom. The Morgan fingerprint density at radius 3 is 2.38 bits per heavy atom. The number of hydrogen-bond donors (Lipinski definition) is 2. The lowest BCUT2D eigenvalue weighted by molar-refractivity contribution is -0.121. The van der Waals surface area contributed by atoms with Crippen molar-refractivity contribution in [3.8, 4) is 11.4 Å². The molecule has 0 bridgehead atoms. The van der Waals surface area contributed by atoms with Crippen LogP contribution in [0.5, 0.6) is 0 Å². The van der Waals surface area contributed by atoms with E-state index in [9.17, 15) is 9.59 Å². The third kappa shape index (κ3) is 4.87. The summed E-state index contributed by atoms with van der Waals surface area (Å²) in [7, 11) is 0. The number of aromatic nitrogens is 4. The van der Waals surface area contributed by atoms with Crippen LogP contribution in [0, 0.1) is 0 Å². The number of rotatable bonds is 5. The van der Waals surface area contributed by atoms with E-state index in [0.717, 1.165) is 10.4 Å². The average Bonchev–Trinajstić information content (AvgIpc) is 2.94. The molecular formula is C16H22N6O2. The molecule has 128 valence electrons. The van der Waals surface area contributed by atoms with Gasteiger partial charge in [0.2, 0.25) is 5.82 Å². The third-order valence-electron chi connectivity index (χ3n) is 3.25. The Labute approximate surface area is 140 Å². The zero-order chi connectivity index (χ0) is 17.7. The molecule has 0 unspecified atom stereocenters. The fourth-order valence-electron chi connectivity index (χ4n) is 2.04. The van der Waals surface area contributed by atoms with E-state index in [1.807, 2.05) is 24.3 Å². The summed E-state index contributed by atoms with van der Waals surface area (Å²) in [6.07, 6.45) is 0. The van der Waals surface area contributed by atoms with Gasteiger partial charge in [0.25, 0.3) is 5.91 Å². The Bertz CT molecular complexity index is 706. The SMILES string of the molecule is CC(C)NC(=O)NC(=O)Cn1nnc(-c2ccc(C(C)C)cc2)n1. The Kier molecular flexibility index (Phi) is 5.62. The summed E-state index contributed by atoms with van der Waals surface area (Å²) >= 11 is 0. The number of urea groups is 1. The van der Waals surface area contributed by atoms with E-state index in [4.69, 9.17) is 0 Å². The molecule has 0 fully saturated rings. The molecule has 1 aromatic heterocycles. The molecule has 8 nitrogen and oxygen atoms in total. The summed E-state index contributed by atoms with van der Waals surface area (Å²) in [4.78, 5) is 24.4. The molecule has 1 heterocycles. The zero-order valence-corrected chi connectivity index (χ0v) is 14.3. The average molecular weight is 330 g/mol. The largest absolute Gasteiger partial charge is 0.336 e. The standard InChI is InChI=1S/C16H22N6O2/c1-10(2)12-5-7-13(8-6-12)15-19-21-22(20-15)9-14(23)18-16(24)17-11(3)4/h5-8,10-11H,9H2,1-4H3,(H2,17,18,23,24). The van der Waals surface area contributed by atoms with Crippen molar-refractivity contribution in [2.75, 3.05) is 0 Å². The number of nitrogens with zero attached hydrogens (tertiary/aromatic N) is 4. The van der Waals surface area contributed by atoms with Crippen molar-refractivity contribution in [2.45, 2.75) is 46.2 Å². The number of carbonyl (C=O) groups is 2. The Morgan fingerprint density at radius 2 is 1.79 bits per heavy atom. The van der Waals surface area contributed by atoms with Gasteiger partial charge in [-0.05, 0) is 30.5 Å². The van der Waals surface area contributed by atoms with Crippen molar-refractivity contribution in [2.24, 2.45) is 0 Å². The number of hydrogen-bond acceptors (Lipinski definition) is 5. The first-order chi connectivity index (χ1) is 11.3. The van der Waals surface area contributed by atoms with E-state index in [2.05, 4.69) is 39.9 Å². The topological polar surface area (TPSA) is 102 Å². The van der Waals surface area contributed by atoms with E-state index < -0.39 is 11.9 Å². The summed E-state index contributed by atoms with van der Waals surface area (Å²) in [6.45, 7) is 7.68. The van der Waals surface area contributed by atoms with Gasteiger partial charge in [0.1, 0.15) is 6.54 Å². The predicted molar refractivity (Wildman–Crippen MR) is 89.2 cm³/mol. The van der Waals surface area contributed by atoms with Crippen LogP contribution in [-0.2, 0) is 11.3 Å². The van der Waals surface area contributed by atoms with E-state index in [1.165, 1.54) is 5.56 Å². The number of benzene rings is 1. The van der Waals surface area contributed by atoms with Gasteiger partial charge in [-0.15, -0.1) is 10.2 Å². The monoisotopic (exact) mass is 330 g/mol. The lowest BCUT2D eigenvalue weighted by Gasteiger charge is -2.08. The lowest BCUT2D eigenvalue weighted by Crippen LogP contribution is -2.43. The van der Waals surface area contributed by atoms with E-state index in [0.29, 0.717) is 11.7 Å². The van der Waals surface area contributed by atoms with E-state index in [-0.39, 0.29) is 12.6 Å². The maximum absolute atomic E-state index is 11.8. The van der Waals surface area contributed by atoms with Crippen molar-refractivity contribution >= 4 is 11.9 Å². The number of carbonyl (C=O) groups excluding carboxylic acids is 2. The summed E-state index contributed by atoms with van der Waals surface area (Å²) in [5.74, 6) is 0.375. The van der Waals surface area contributed by atoms with E-state index >= 15 is 0 Å². The van der Waals surface area contributed by atoms with Gasteiger partial charge in [-0.2, -0.15) is 4.80 Å². The van der Waals surface area contributed by atoms with Crippen LogP contribution in [0.15, 0.2) is 24.3 Å². The first kappa shape index (κ1) is 17.6. The Balaban J connectivity index is 1.97. The lowest BCUT2D eigenvalue weighted by atomic mass is 10.0. The Hall–Kier alpha value is -2.77. The van der Waals surface area contributed by atoms with Crippen molar-refractivity contribution < 1.29 is 9.59 Å². The van der Waals surface area contributed by atoms with Crippen LogP contribution >= 0.6 is 0 Å². The first-order valence-electron chi connectivity index (χ1n) is 7.83. The highest BCUT2D eigenvalue weighted by molar-refractivity contribution is 5.94. The summed E-state index contributed by atoms with van der Waals surface area (Å²) in [5.41, 5.74) is 2.05. The second-order valence-corrected chi connectivity index (χ2v) is 6.10. The molecule has 0 atom stereocenters. The first-order valence-corrected chi connectivity index (χ1v) is 7.83. The third-order valence-corrected chi connectivity index (χ3v) is 3.25. The smallest absolute Gasteiger partial charge is 0.321 e. The van der Waals surface area contributed by atoms with Crippen molar-refractivity contribution in [3.05, 3.63) is 29.8 Å². The highest BCUT2D eigenvalue weighted by Gasteiger charge is 2.12. The van der Waals surface area contributed by atoms with Crippen LogP contribution in [0.2, 0.25) is 0 Å². The van der Waals surface area contributed by atoms with Crippen LogP contribution in [0.1, 0.15) is 39.2 Å². The van der Waals surface area contributed by atoms with Gasteiger partial charge in [-0.1, -0.05) is 38.1 Å². The van der Waals surface area contributed by atoms with Gasteiger partial charge in [0.05, 0.1) is 0 Å². The fraction of sp³-hybridized carbons (Fsp3) is 0.438. The van der Waals surface area contributed by atoms with Gasteiger partial charge in [0.15, 0.2) is 0 Å². The summed E-state index contributed by atoms with van der Waals surface area (Å²) in [5, 5.41) is 16.7. The van der Waals surface area contributed by atoms with Gasteiger partial charge in [-0.25, -0.2) is 4.79 Å². The molecule has 0 saturated carbocycles. The molecule has 8 heteroatoms. The molecular weight excluding hydrogens is 308 g/mol. The minimum Gasteiger partial charge on any atom is -0.336 e. The van der Waals surface area contributed by atoms with Crippen molar-refractivity contribution in [1.82, 2.24) is 30.8 Å². The molecule has 0 radical (unpaired) electrons. The maximum atomic E-state index is 11.8. The van der Waals surface area contributed by atoms with Crippen LogP contribution in [0.4, 0.5) is 4.79 Å². The van der Waals surface area contributed by atoms with E-state index in [1.54, 1.807) is 13.8 Å². The van der Waals surface area contributed by atoms with Gasteiger partial charge >= 0.3 is 6.03 Å². The van der Waals surface area contributed by atoms with Crippen LogP contribution in [-0.4, -0.2) is 38.2 Å². The van der Waals surface area contributed by atoms with Crippen LogP contribution < -0.4 is 10.6 Å². The molecule has 0 saturated heterocycles. The minimum absolute atomic E-state index is 0.0530. The predicted octanol–water partition coefficient (Wildman–Crippen LogP) is 1.70. The second-order valence-electron chi connectivity index (χ2n) is 6.10. The molecule has 3 amide bonds. The summed E-state index contributed by atoms with van der Waals surface area (Å²) < 4.78 is 0. The number of nitrogens with one attached hydrogen (secondary N) is 2. The number of imide groups is 1. The molecule has 0 aliphatic heterocycles.